The Bertz CT molecular complexity index is 2390. The minimum atomic E-state index is -4.62. The molecule has 0 aliphatic carbocycles. The van der Waals surface area contributed by atoms with Crippen LogP contribution in [0.15, 0.2) is 82.4 Å². The van der Waals surface area contributed by atoms with Crippen molar-refractivity contribution in [3.05, 3.63) is 89.2 Å². The van der Waals surface area contributed by atoms with Crippen LogP contribution < -0.4 is 5.32 Å². The molecule has 0 aromatic heterocycles. The van der Waals surface area contributed by atoms with E-state index in [2.05, 4.69) is 5.32 Å². The Balaban J connectivity index is 1.61. The van der Waals surface area contributed by atoms with Crippen LogP contribution in [0.25, 0.3) is 0 Å². The van der Waals surface area contributed by atoms with Gasteiger partial charge in [0.1, 0.15) is 0 Å². The lowest BCUT2D eigenvalue weighted by molar-refractivity contribution is -0.138. The van der Waals surface area contributed by atoms with Gasteiger partial charge < -0.3 is 43.5 Å². The van der Waals surface area contributed by atoms with E-state index < -0.39 is 54.0 Å². The van der Waals surface area contributed by atoms with Crippen molar-refractivity contribution < 1.29 is 79.4 Å². The van der Waals surface area contributed by atoms with Crippen LogP contribution in [0.3, 0.4) is 0 Å². The average molecular weight is 981 g/mol. The van der Waals surface area contributed by atoms with Gasteiger partial charge in [0.25, 0.3) is 16.6 Å². The fraction of sp³-hybridized carbons (Fsp3) is 0.477. The second kappa shape index (κ2) is 24.3. The lowest BCUT2D eigenvalue weighted by Crippen LogP contribution is -2.30. The molecule has 0 amide bonds. The standard InChI is InChI=1S/C44H58N2O17P2S/c1-32-16-18-36-34(29-32)43(2,20-27-65(55,62-25-9-15-42(52)53)63-26-10-22-59-31-47)38(45-36)11-5-4-6-12-39-44(3,35-30-33(66(56,57)58)17-19-37(35)46-39)21-28-64(54,60-23-7-13-40(48)49)61-24-8-14-41(50)51/h4-6,11-12,16-19,29-31,46H,7-10,13-15,20-28H2,1-3H3,(H,48,49)(H,50,51)(H,52,53)(H,56,57,58). The molecular weight excluding hydrogens is 922 g/mol. The van der Waals surface area contributed by atoms with Crippen LogP contribution in [0.5, 0.6) is 0 Å². The molecule has 2 aromatic carbocycles. The molecule has 0 bridgehead atoms. The van der Waals surface area contributed by atoms with Gasteiger partial charge in [0.05, 0.1) is 61.7 Å². The molecule has 362 valence electrons. The predicted octanol–water partition coefficient (Wildman–Crippen LogP) is 8.36. The fourth-order valence-corrected chi connectivity index (χ4v) is 11.6. The summed E-state index contributed by atoms with van der Waals surface area (Å²) in [6, 6.07) is 9.90. The number of allylic oxidation sites excluding steroid dienone is 6. The Morgan fingerprint density at radius 1 is 0.727 bits per heavy atom. The molecule has 2 aliphatic heterocycles. The molecule has 5 N–H and O–H groups in total. The molecule has 0 saturated carbocycles. The molecule has 3 unspecified atom stereocenters. The van der Waals surface area contributed by atoms with E-state index in [9.17, 15) is 41.3 Å². The molecule has 4 rings (SSSR count). The van der Waals surface area contributed by atoms with Gasteiger partial charge in [-0.25, -0.2) is 0 Å². The van der Waals surface area contributed by atoms with Crippen molar-refractivity contribution in [3.8, 4) is 0 Å². The van der Waals surface area contributed by atoms with E-state index in [1.54, 1.807) is 31.2 Å². The number of hydrogen-bond donors (Lipinski definition) is 5. The number of carbonyl (C=O) groups excluding carboxylic acids is 1. The second-order valence-corrected chi connectivity index (χ2v) is 21.9. The molecular formula is C44H58N2O17P2S. The van der Waals surface area contributed by atoms with Crippen LogP contribution >= 0.6 is 15.2 Å². The number of carboxylic acids is 3. The number of nitrogens with one attached hydrogen (secondary N) is 1. The number of carboxylic acid groups (broad SMARTS) is 3. The summed E-state index contributed by atoms with van der Waals surface area (Å²) in [5.74, 6) is -3.16. The summed E-state index contributed by atoms with van der Waals surface area (Å²) < 4.78 is 90.0. The minimum absolute atomic E-state index is 0.0254. The maximum atomic E-state index is 14.1. The number of benzene rings is 2. The van der Waals surface area contributed by atoms with Gasteiger partial charge >= 0.3 is 33.1 Å². The van der Waals surface area contributed by atoms with Crippen LogP contribution in [0.1, 0.15) is 88.3 Å². The van der Waals surface area contributed by atoms with Crippen LogP contribution in [0, 0.1) is 6.92 Å². The van der Waals surface area contributed by atoms with Gasteiger partial charge in [0, 0.05) is 47.9 Å². The molecule has 19 nitrogen and oxygen atoms in total. The molecule has 3 atom stereocenters. The van der Waals surface area contributed by atoms with Crippen molar-refractivity contribution in [2.75, 3.05) is 50.7 Å². The number of nitrogens with zero attached hydrogens (tertiary/aromatic N) is 1. The first-order valence-corrected chi connectivity index (χ1v) is 26.1. The summed E-state index contributed by atoms with van der Waals surface area (Å²) in [6.45, 7) is 5.51. The monoisotopic (exact) mass is 980 g/mol. The summed E-state index contributed by atoms with van der Waals surface area (Å²) in [4.78, 5) is 48.4. The summed E-state index contributed by atoms with van der Waals surface area (Å²) in [7, 11) is -12.4. The summed E-state index contributed by atoms with van der Waals surface area (Å²) in [5, 5.41) is 30.5. The van der Waals surface area contributed by atoms with Crippen molar-refractivity contribution in [1.29, 1.82) is 0 Å². The van der Waals surface area contributed by atoms with E-state index in [-0.39, 0.29) is 108 Å². The summed E-state index contributed by atoms with van der Waals surface area (Å²) in [6.07, 6.45) is 8.63. The molecule has 0 spiro atoms. The van der Waals surface area contributed by atoms with E-state index in [4.69, 9.17) is 43.1 Å². The molecule has 2 aromatic rings. The van der Waals surface area contributed by atoms with Crippen LogP contribution in [0.4, 0.5) is 11.4 Å². The SMILES string of the molecule is Cc1ccc2c(c1)C(C)(CCP(=O)(OCCCOC=O)OCCCC(=O)O)C(C=CC=CC=C1Nc3ccc(S(=O)(=O)O)cc3C1(C)CCP(=O)(OCCCC(=O)O)OCCCC(=O)O)=N2. The highest BCUT2D eigenvalue weighted by Crippen LogP contribution is 2.55. The number of carbonyl (C=O) groups is 4. The number of rotatable bonds is 31. The van der Waals surface area contributed by atoms with Gasteiger partial charge in [-0.3, -0.25) is 37.9 Å². The molecule has 2 heterocycles. The third kappa shape index (κ3) is 15.7. The van der Waals surface area contributed by atoms with Crippen molar-refractivity contribution in [3.63, 3.8) is 0 Å². The number of aryl methyl sites for hydroxylation is 1. The van der Waals surface area contributed by atoms with Crippen molar-refractivity contribution >= 4 is 66.8 Å². The van der Waals surface area contributed by atoms with Crippen molar-refractivity contribution in [2.45, 2.75) is 94.3 Å². The predicted molar refractivity (Wildman–Crippen MR) is 244 cm³/mol. The molecule has 0 saturated heterocycles. The number of aliphatic imine (C=N–C) groups is 1. The van der Waals surface area contributed by atoms with Crippen LogP contribution in [-0.2, 0) is 72.1 Å². The number of aliphatic carboxylic acids is 3. The number of hydrogen-bond acceptors (Lipinski definition) is 15. The maximum absolute atomic E-state index is 14.1. The molecule has 22 heteroatoms. The highest BCUT2D eigenvalue weighted by Gasteiger charge is 2.43. The zero-order valence-electron chi connectivity index (χ0n) is 37.1. The first-order valence-electron chi connectivity index (χ1n) is 21.2. The molecule has 2 aliphatic rings. The second-order valence-electron chi connectivity index (χ2n) is 16.1. The van der Waals surface area contributed by atoms with Gasteiger partial charge in [-0.05, 0) is 100 Å². The third-order valence-corrected chi connectivity index (χ3v) is 15.7. The zero-order chi connectivity index (χ0) is 48.6. The van der Waals surface area contributed by atoms with E-state index in [1.165, 1.54) is 18.2 Å². The van der Waals surface area contributed by atoms with E-state index in [1.807, 2.05) is 38.1 Å². The van der Waals surface area contributed by atoms with E-state index >= 15 is 0 Å². The van der Waals surface area contributed by atoms with Gasteiger partial charge in [-0.2, -0.15) is 8.42 Å². The summed E-state index contributed by atoms with van der Waals surface area (Å²) >= 11 is 0. The minimum Gasteiger partial charge on any atom is -0.481 e. The molecule has 0 radical (unpaired) electrons. The van der Waals surface area contributed by atoms with Crippen LogP contribution in [-0.4, -0.2) is 104 Å². The topological polar surface area (TPSA) is 288 Å². The maximum Gasteiger partial charge on any atom is 0.330 e. The Morgan fingerprint density at radius 3 is 1.80 bits per heavy atom. The highest BCUT2D eigenvalue weighted by molar-refractivity contribution is 7.85. The quantitative estimate of drug-likeness (QED) is 0.0156. The summed E-state index contributed by atoms with van der Waals surface area (Å²) in [5.41, 5.74) is 2.93. The van der Waals surface area contributed by atoms with E-state index in [0.717, 1.165) is 16.8 Å². The Kier molecular flexibility index (Phi) is 19.8. The fourth-order valence-electron chi connectivity index (χ4n) is 7.33. The van der Waals surface area contributed by atoms with Gasteiger partial charge in [-0.15, -0.1) is 0 Å². The average Bonchev–Trinajstić information content (AvgIpc) is 3.69. The van der Waals surface area contributed by atoms with E-state index in [0.29, 0.717) is 29.1 Å². The van der Waals surface area contributed by atoms with Crippen molar-refractivity contribution in [2.24, 2.45) is 4.99 Å². The molecule has 66 heavy (non-hydrogen) atoms. The van der Waals surface area contributed by atoms with Gasteiger partial charge in [-0.1, -0.05) is 35.9 Å². The van der Waals surface area contributed by atoms with Gasteiger partial charge in [0.2, 0.25) is 0 Å². The third-order valence-electron chi connectivity index (χ3n) is 11.0. The van der Waals surface area contributed by atoms with Crippen LogP contribution in [0.2, 0.25) is 0 Å². The Hall–Kier alpha value is -4.78. The largest absolute Gasteiger partial charge is 0.481 e. The number of anilines is 1. The van der Waals surface area contributed by atoms with Crippen molar-refractivity contribution in [1.82, 2.24) is 0 Å². The first-order chi connectivity index (χ1) is 31.1. The highest BCUT2D eigenvalue weighted by atomic mass is 32.2. The number of ether oxygens (including phenoxy) is 1. The number of fused-ring (bicyclic) bond motifs is 2. The van der Waals surface area contributed by atoms with Gasteiger partial charge in [0.15, 0.2) is 0 Å². The zero-order valence-corrected chi connectivity index (χ0v) is 39.7. The molecule has 0 fully saturated rings. The smallest absolute Gasteiger partial charge is 0.330 e. The normalized spacial score (nSPS) is 19.6. The Morgan fingerprint density at radius 2 is 1.27 bits per heavy atom. The lowest BCUT2D eigenvalue weighted by Gasteiger charge is -2.29. The Labute approximate surface area is 384 Å². The lowest BCUT2D eigenvalue weighted by atomic mass is 9.76. The first kappa shape index (κ1) is 53.8.